The molecule has 1 aromatic rings. The van der Waals surface area contributed by atoms with Crippen molar-refractivity contribution in [3.63, 3.8) is 0 Å². The Kier molecular flexibility index (Phi) is 5.82. The quantitative estimate of drug-likeness (QED) is 0.783. The fourth-order valence-electron chi connectivity index (χ4n) is 1.70. The van der Waals surface area contributed by atoms with Crippen molar-refractivity contribution in [3.05, 3.63) is 17.7 Å². The molecule has 0 saturated carbocycles. The zero-order valence-corrected chi connectivity index (χ0v) is 11.2. The molecule has 0 atom stereocenters. The molecular formula is C13H21F2N3. The highest BCUT2D eigenvalue weighted by Gasteiger charge is 2.12. The van der Waals surface area contributed by atoms with Crippen molar-refractivity contribution >= 4 is 11.6 Å². The van der Waals surface area contributed by atoms with Crippen LogP contribution in [-0.2, 0) is 0 Å². The van der Waals surface area contributed by atoms with Crippen LogP contribution in [0.1, 0.15) is 33.6 Å². The van der Waals surface area contributed by atoms with E-state index in [0.717, 1.165) is 18.9 Å². The molecule has 2 N–H and O–H groups in total. The van der Waals surface area contributed by atoms with E-state index >= 15 is 0 Å². The maximum atomic E-state index is 13.5. The highest BCUT2D eigenvalue weighted by atomic mass is 19.1. The third-order valence-corrected chi connectivity index (χ3v) is 2.99. The Morgan fingerprint density at radius 2 is 1.61 bits per heavy atom. The lowest BCUT2D eigenvalue weighted by atomic mass is 10.0. The first-order chi connectivity index (χ1) is 8.62. The average molecular weight is 257 g/mol. The summed E-state index contributed by atoms with van der Waals surface area (Å²) in [6.07, 6.45) is 2.04. The zero-order valence-electron chi connectivity index (χ0n) is 11.2. The van der Waals surface area contributed by atoms with Gasteiger partial charge >= 0.3 is 0 Å². The van der Waals surface area contributed by atoms with Crippen molar-refractivity contribution in [2.24, 2.45) is 5.92 Å². The van der Waals surface area contributed by atoms with E-state index in [0.29, 0.717) is 19.0 Å². The molecule has 5 heteroatoms. The van der Waals surface area contributed by atoms with Gasteiger partial charge in [-0.15, -0.1) is 0 Å². The number of anilines is 2. The van der Waals surface area contributed by atoms with Crippen LogP contribution in [0.2, 0.25) is 0 Å². The van der Waals surface area contributed by atoms with E-state index in [4.69, 9.17) is 0 Å². The molecule has 102 valence electrons. The molecule has 3 nitrogen and oxygen atoms in total. The van der Waals surface area contributed by atoms with Crippen LogP contribution in [0, 0.1) is 17.6 Å². The number of pyridine rings is 1. The number of hydrogen-bond acceptors (Lipinski definition) is 3. The predicted octanol–water partition coefficient (Wildman–Crippen LogP) is 3.64. The minimum Gasteiger partial charge on any atom is -0.368 e. The smallest absolute Gasteiger partial charge is 0.168 e. The van der Waals surface area contributed by atoms with Crippen LogP contribution in [0.4, 0.5) is 20.4 Å². The number of nitrogens with one attached hydrogen (secondary N) is 2. The number of halogens is 2. The van der Waals surface area contributed by atoms with Gasteiger partial charge in [-0.3, -0.25) is 0 Å². The average Bonchev–Trinajstić information content (AvgIpc) is 2.35. The standard InChI is InChI=1S/C13H21F2N3/c1-4-9(5-2)8-17-13-11(15)7-10(14)12(18-13)16-6-3/h7,9H,4-6,8H2,1-3H3,(H2,16,17,18). The molecule has 0 unspecified atom stereocenters. The van der Waals surface area contributed by atoms with Gasteiger partial charge in [0.25, 0.3) is 0 Å². The Hall–Kier alpha value is -1.39. The van der Waals surface area contributed by atoms with Gasteiger partial charge in [-0.25, -0.2) is 13.8 Å². The first-order valence-electron chi connectivity index (χ1n) is 6.46. The summed E-state index contributed by atoms with van der Waals surface area (Å²) in [6, 6.07) is 0.861. The van der Waals surface area contributed by atoms with Crippen molar-refractivity contribution in [2.75, 3.05) is 23.7 Å². The second-order valence-corrected chi connectivity index (χ2v) is 4.24. The highest BCUT2D eigenvalue weighted by Crippen LogP contribution is 2.19. The Morgan fingerprint density at radius 3 is 2.11 bits per heavy atom. The molecule has 0 aliphatic rings. The van der Waals surface area contributed by atoms with Crippen molar-refractivity contribution in [2.45, 2.75) is 33.6 Å². The van der Waals surface area contributed by atoms with Gasteiger partial charge in [-0.2, -0.15) is 0 Å². The number of rotatable bonds is 7. The third kappa shape index (κ3) is 3.82. The summed E-state index contributed by atoms with van der Waals surface area (Å²) in [4.78, 5) is 3.93. The molecule has 0 aromatic carbocycles. The van der Waals surface area contributed by atoms with Crippen molar-refractivity contribution in [3.8, 4) is 0 Å². The zero-order chi connectivity index (χ0) is 13.5. The van der Waals surface area contributed by atoms with Gasteiger partial charge in [-0.1, -0.05) is 26.7 Å². The van der Waals surface area contributed by atoms with Crippen molar-refractivity contribution < 1.29 is 8.78 Å². The van der Waals surface area contributed by atoms with Crippen molar-refractivity contribution in [1.82, 2.24) is 4.98 Å². The molecule has 0 bridgehead atoms. The van der Waals surface area contributed by atoms with Crippen LogP contribution in [0.3, 0.4) is 0 Å². The van der Waals surface area contributed by atoms with E-state index in [2.05, 4.69) is 29.5 Å². The van der Waals surface area contributed by atoms with Crippen LogP contribution in [-0.4, -0.2) is 18.1 Å². The van der Waals surface area contributed by atoms with Crippen LogP contribution in [0.25, 0.3) is 0 Å². The first kappa shape index (κ1) is 14.7. The predicted molar refractivity (Wildman–Crippen MR) is 70.9 cm³/mol. The van der Waals surface area contributed by atoms with Gasteiger partial charge in [0.1, 0.15) is 0 Å². The van der Waals surface area contributed by atoms with E-state index in [-0.39, 0.29) is 11.6 Å². The molecule has 0 aliphatic heterocycles. The summed E-state index contributed by atoms with van der Waals surface area (Å²) < 4.78 is 26.9. The molecule has 1 heterocycles. The Morgan fingerprint density at radius 1 is 1.06 bits per heavy atom. The van der Waals surface area contributed by atoms with Gasteiger partial charge in [-0.05, 0) is 12.8 Å². The molecular weight excluding hydrogens is 236 g/mol. The van der Waals surface area contributed by atoms with Crippen LogP contribution in [0.5, 0.6) is 0 Å². The fraction of sp³-hybridized carbons (Fsp3) is 0.615. The van der Waals surface area contributed by atoms with Crippen LogP contribution < -0.4 is 10.6 Å². The first-order valence-corrected chi connectivity index (χ1v) is 6.46. The Bertz CT molecular complexity index is 379. The summed E-state index contributed by atoms with van der Waals surface area (Å²) in [5.74, 6) is -0.647. The summed E-state index contributed by atoms with van der Waals surface area (Å²) in [5, 5.41) is 5.71. The van der Waals surface area contributed by atoms with E-state index in [9.17, 15) is 8.78 Å². The molecule has 18 heavy (non-hydrogen) atoms. The van der Waals surface area contributed by atoms with Gasteiger partial charge in [0.15, 0.2) is 23.3 Å². The highest BCUT2D eigenvalue weighted by molar-refractivity contribution is 5.47. The normalized spacial score (nSPS) is 10.8. The molecule has 0 saturated heterocycles. The number of aromatic nitrogens is 1. The van der Waals surface area contributed by atoms with E-state index in [1.165, 1.54) is 0 Å². The molecule has 0 fully saturated rings. The van der Waals surface area contributed by atoms with Gasteiger partial charge in [0.05, 0.1) is 0 Å². The van der Waals surface area contributed by atoms with Crippen LogP contribution >= 0.6 is 0 Å². The topological polar surface area (TPSA) is 37.0 Å². The molecule has 0 aliphatic carbocycles. The minimum atomic E-state index is -0.664. The maximum absolute atomic E-state index is 13.5. The molecule has 0 spiro atoms. The molecule has 1 rings (SSSR count). The summed E-state index contributed by atoms with van der Waals surface area (Å²) in [5.41, 5.74) is 0. The fourth-order valence-corrected chi connectivity index (χ4v) is 1.70. The summed E-state index contributed by atoms with van der Waals surface area (Å²) in [6.45, 7) is 7.21. The number of nitrogens with zero attached hydrogens (tertiary/aromatic N) is 1. The van der Waals surface area contributed by atoms with E-state index < -0.39 is 11.6 Å². The van der Waals surface area contributed by atoms with E-state index in [1.54, 1.807) is 0 Å². The lowest BCUT2D eigenvalue weighted by Gasteiger charge is -2.15. The lowest BCUT2D eigenvalue weighted by molar-refractivity contribution is 0.514. The Labute approximate surface area is 107 Å². The maximum Gasteiger partial charge on any atom is 0.168 e. The van der Waals surface area contributed by atoms with Crippen molar-refractivity contribution in [1.29, 1.82) is 0 Å². The number of hydrogen-bond donors (Lipinski definition) is 2. The summed E-state index contributed by atoms with van der Waals surface area (Å²) >= 11 is 0. The summed E-state index contributed by atoms with van der Waals surface area (Å²) in [7, 11) is 0. The SMILES string of the molecule is CCNc1nc(NCC(CC)CC)c(F)cc1F. The Balaban J connectivity index is 2.78. The molecule has 0 amide bonds. The largest absolute Gasteiger partial charge is 0.368 e. The van der Waals surface area contributed by atoms with Gasteiger partial charge in [0, 0.05) is 19.2 Å². The second-order valence-electron chi connectivity index (χ2n) is 4.24. The van der Waals surface area contributed by atoms with Gasteiger partial charge < -0.3 is 10.6 Å². The monoisotopic (exact) mass is 257 g/mol. The third-order valence-electron chi connectivity index (χ3n) is 2.99. The molecule has 0 radical (unpaired) electrons. The van der Waals surface area contributed by atoms with E-state index in [1.807, 2.05) is 6.92 Å². The lowest BCUT2D eigenvalue weighted by Crippen LogP contribution is -2.15. The second kappa shape index (κ2) is 7.13. The van der Waals surface area contributed by atoms with Crippen LogP contribution in [0.15, 0.2) is 6.07 Å². The van der Waals surface area contributed by atoms with Gasteiger partial charge in [0.2, 0.25) is 0 Å². The minimum absolute atomic E-state index is 0.0888. The molecule has 1 aromatic heterocycles.